The molecule has 4 aromatic carbocycles. The molecule has 258 valence electrons. The molecule has 0 aliphatic carbocycles. The zero-order valence-corrected chi connectivity index (χ0v) is 29.4. The van der Waals surface area contributed by atoms with E-state index in [4.69, 9.17) is 52.8 Å². The molecule has 12 nitrogen and oxygen atoms in total. The molecular weight excluding hydrogens is 649 g/mol. The van der Waals surface area contributed by atoms with Crippen LogP contribution >= 0.6 is 0 Å². The molecule has 0 radical (unpaired) electrons. The maximum atomic E-state index is 6.20. The van der Waals surface area contributed by atoms with E-state index in [0.717, 1.165) is 88.3 Å². The highest BCUT2D eigenvalue weighted by atomic mass is 15.1. The van der Waals surface area contributed by atoms with Crippen LogP contribution < -0.4 is 22.9 Å². The number of aromatic amines is 2. The minimum atomic E-state index is 0.385. The SMILES string of the molecule is Cc1cc2c(cc1CN)-c1nc-2nc2[nH]c(nc3nc(nc4[nH]c(n1)c1cc(C)c(CN)cc41)-c1cc(C)c(CN)cc1-3)c1cc(C)c(CN)cc21. The Morgan fingerprint density at radius 2 is 0.635 bits per heavy atom. The fourth-order valence-electron chi connectivity index (χ4n) is 7.47. The fraction of sp³-hybridized carbons (Fsp3) is 0.200. The molecule has 3 aromatic heterocycles. The van der Waals surface area contributed by atoms with Gasteiger partial charge in [-0.25, -0.2) is 29.9 Å². The molecule has 0 fully saturated rings. The lowest BCUT2D eigenvalue weighted by Crippen LogP contribution is -2.00. The van der Waals surface area contributed by atoms with Gasteiger partial charge in [0.2, 0.25) is 0 Å². The number of hydrogen-bond donors (Lipinski definition) is 6. The van der Waals surface area contributed by atoms with Gasteiger partial charge in [-0.05, 0) is 121 Å². The van der Waals surface area contributed by atoms with Crippen LogP contribution in [0.15, 0.2) is 48.5 Å². The number of nitrogens with one attached hydrogen (secondary N) is 2. The van der Waals surface area contributed by atoms with Gasteiger partial charge >= 0.3 is 0 Å². The highest BCUT2D eigenvalue weighted by Gasteiger charge is 2.24. The minimum absolute atomic E-state index is 0.385. The maximum Gasteiger partial charge on any atom is 0.164 e. The number of nitrogens with zero attached hydrogens (tertiary/aromatic N) is 6. The number of aryl methyl sites for hydroxylation is 4. The second kappa shape index (κ2) is 11.8. The number of aromatic nitrogens is 8. The molecule has 9 rings (SSSR count). The van der Waals surface area contributed by atoms with Crippen LogP contribution in [0.1, 0.15) is 44.5 Å². The summed E-state index contributed by atoms with van der Waals surface area (Å²) in [6.45, 7) is 9.76. The second-order valence-electron chi connectivity index (χ2n) is 13.7. The van der Waals surface area contributed by atoms with E-state index in [1.54, 1.807) is 0 Å². The molecule has 0 amide bonds. The lowest BCUT2D eigenvalue weighted by atomic mass is 9.99. The van der Waals surface area contributed by atoms with Crippen molar-refractivity contribution in [1.29, 1.82) is 0 Å². The summed E-state index contributed by atoms with van der Waals surface area (Å²) < 4.78 is 0. The largest absolute Gasteiger partial charge is 0.326 e. The predicted octanol–water partition coefficient (Wildman–Crippen LogP) is 5.94. The van der Waals surface area contributed by atoms with Crippen molar-refractivity contribution in [3.63, 3.8) is 0 Å². The third-order valence-electron chi connectivity index (χ3n) is 10.5. The van der Waals surface area contributed by atoms with Gasteiger partial charge in [0.05, 0.1) is 0 Å². The minimum Gasteiger partial charge on any atom is -0.326 e. The highest BCUT2D eigenvalue weighted by molar-refractivity contribution is 6.07. The van der Waals surface area contributed by atoms with Gasteiger partial charge in [-0.3, -0.25) is 0 Å². The zero-order chi connectivity index (χ0) is 36.0. The summed E-state index contributed by atoms with van der Waals surface area (Å²) in [6.07, 6.45) is 0. The van der Waals surface area contributed by atoms with E-state index < -0.39 is 0 Å². The Kier molecular flexibility index (Phi) is 7.28. The van der Waals surface area contributed by atoms with Crippen molar-refractivity contribution >= 4 is 44.1 Å². The predicted molar refractivity (Wildman–Crippen MR) is 207 cm³/mol. The van der Waals surface area contributed by atoms with Crippen molar-refractivity contribution in [3.05, 3.63) is 93.0 Å². The third-order valence-corrected chi connectivity index (χ3v) is 10.5. The van der Waals surface area contributed by atoms with E-state index in [-0.39, 0.29) is 0 Å². The molecule has 0 unspecified atom stereocenters. The number of benzene rings is 4. The maximum absolute atomic E-state index is 6.20. The summed E-state index contributed by atoms with van der Waals surface area (Å²) in [5.41, 5.74) is 39.0. The molecule has 0 spiro atoms. The third kappa shape index (κ3) is 4.83. The standard InChI is InChI=1S/C40H38N12/c1-17-5-25-29(9-21(17)13-41)37-45-33(25)49-38-30-10-22(14-42)18(2)6-26(30)35(46-38)51-40-32-12-24(16-44)20(4)8-28(32)36(48-40)52-39-31-11-23(15-43)19(3)7-27(31)34(47-39)50-37/h5-12H,13-16,41-44H2,1-4H3,(H2,45,46,47,48,49,50,51,52). The molecule has 2 aliphatic heterocycles. The molecule has 10 N–H and O–H groups in total. The van der Waals surface area contributed by atoms with E-state index in [1.807, 2.05) is 0 Å². The zero-order valence-electron chi connectivity index (χ0n) is 29.4. The fourth-order valence-corrected chi connectivity index (χ4v) is 7.47. The van der Waals surface area contributed by atoms with Gasteiger partial charge in [0, 0.05) is 70.0 Å². The van der Waals surface area contributed by atoms with Crippen molar-refractivity contribution in [2.24, 2.45) is 22.9 Å². The van der Waals surface area contributed by atoms with E-state index in [1.165, 1.54) is 0 Å². The number of H-pyrrole nitrogens is 2. The van der Waals surface area contributed by atoms with Gasteiger partial charge in [0.25, 0.3) is 0 Å². The van der Waals surface area contributed by atoms with Gasteiger partial charge in [0.1, 0.15) is 22.6 Å². The molecule has 52 heavy (non-hydrogen) atoms. The average molecular weight is 687 g/mol. The summed E-state index contributed by atoms with van der Waals surface area (Å²) in [7, 11) is 0. The molecule has 5 heterocycles. The summed E-state index contributed by atoms with van der Waals surface area (Å²) >= 11 is 0. The van der Waals surface area contributed by atoms with Crippen molar-refractivity contribution in [3.8, 4) is 45.6 Å². The summed E-state index contributed by atoms with van der Waals surface area (Å²) in [5, 5.41) is 3.54. The molecular formula is C40H38N12. The quantitative estimate of drug-likeness (QED) is 0.128. The summed E-state index contributed by atoms with van der Waals surface area (Å²) in [5.74, 6) is 2.10. The van der Waals surface area contributed by atoms with Gasteiger partial charge in [-0.1, -0.05) is 0 Å². The number of nitrogens with two attached hydrogens (primary N) is 4. The lowest BCUT2D eigenvalue weighted by molar-refractivity contribution is 1.05. The first kappa shape index (κ1) is 32.0. The van der Waals surface area contributed by atoms with E-state index in [0.29, 0.717) is 72.1 Å². The summed E-state index contributed by atoms with van der Waals surface area (Å²) in [4.78, 5) is 38.0. The number of fused-ring (bicyclic) bond motifs is 20. The van der Waals surface area contributed by atoms with Gasteiger partial charge in [-0.15, -0.1) is 0 Å². The Balaban J connectivity index is 1.50. The Labute approximate surface area is 298 Å². The molecule has 0 atom stereocenters. The van der Waals surface area contributed by atoms with Crippen LogP contribution in [-0.2, 0) is 26.2 Å². The first-order valence-electron chi connectivity index (χ1n) is 17.3. The van der Waals surface area contributed by atoms with Gasteiger partial charge in [0.15, 0.2) is 23.3 Å². The molecule has 12 heteroatoms. The van der Waals surface area contributed by atoms with Gasteiger partial charge < -0.3 is 32.9 Å². The second-order valence-corrected chi connectivity index (χ2v) is 13.7. The molecule has 2 aliphatic rings. The summed E-state index contributed by atoms with van der Waals surface area (Å²) in [6, 6.07) is 16.7. The monoisotopic (exact) mass is 686 g/mol. The van der Waals surface area contributed by atoms with Crippen LogP contribution in [0.25, 0.3) is 89.7 Å². The highest BCUT2D eigenvalue weighted by Crippen LogP contribution is 2.39. The Bertz CT molecular complexity index is 2650. The smallest absolute Gasteiger partial charge is 0.164 e. The van der Waals surface area contributed by atoms with Crippen molar-refractivity contribution in [1.82, 2.24) is 39.9 Å². The van der Waals surface area contributed by atoms with E-state index >= 15 is 0 Å². The van der Waals surface area contributed by atoms with Crippen LogP contribution in [0.3, 0.4) is 0 Å². The molecule has 0 saturated carbocycles. The van der Waals surface area contributed by atoms with Crippen LogP contribution in [0, 0.1) is 27.7 Å². The molecule has 7 aromatic rings. The first-order chi connectivity index (χ1) is 25.2. The van der Waals surface area contributed by atoms with Crippen LogP contribution in [0.5, 0.6) is 0 Å². The van der Waals surface area contributed by atoms with Crippen molar-refractivity contribution in [2.75, 3.05) is 0 Å². The van der Waals surface area contributed by atoms with Crippen LogP contribution in [0.2, 0.25) is 0 Å². The Morgan fingerprint density at radius 3 is 0.962 bits per heavy atom. The van der Waals surface area contributed by atoms with Gasteiger partial charge in [-0.2, -0.15) is 0 Å². The van der Waals surface area contributed by atoms with Crippen LogP contribution in [0.4, 0.5) is 0 Å². The molecule has 8 bridgehead atoms. The lowest BCUT2D eigenvalue weighted by Gasteiger charge is -2.07. The van der Waals surface area contributed by atoms with Crippen molar-refractivity contribution in [2.45, 2.75) is 53.9 Å². The normalized spacial score (nSPS) is 12.2. The van der Waals surface area contributed by atoms with E-state index in [2.05, 4.69) is 86.2 Å². The van der Waals surface area contributed by atoms with E-state index in [9.17, 15) is 0 Å². The molecule has 0 saturated heterocycles. The Hall–Kier alpha value is -5.92. The van der Waals surface area contributed by atoms with Crippen LogP contribution in [-0.4, -0.2) is 39.9 Å². The Morgan fingerprint density at radius 1 is 0.365 bits per heavy atom. The average Bonchev–Trinajstić information content (AvgIpc) is 3.84. The number of rotatable bonds is 4. The van der Waals surface area contributed by atoms with Crippen molar-refractivity contribution < 1.29 is 0 Å². The first-order valence-corrected chi connectivity index (χ1v) is 17.3. The topological polar surface area (TPSA) is 213 Å². The number of hydrogen-bond acceptors (Lipinski definition) is 10.